The van der Waals surface area contributed by atoms with Gasteiger partial charge in [-0.2, -0.15) is 5.26 Å². The Bertz CT molecular complexity index is 1070. The Morgan fingerprint density at radius 2 is 1.88 bits per heavy atom. The SMILES string of the molecule is Cc1ccc(NC(=O)C(C#N)=Cc2cc3ccccc3[nH]c2=O)cc1. The number of anilines is 1. The number of aromatic amines is 1. The Hall–Kier alpha value is -3.65. The third-order valence-corrected chi connectivity index (χ3v) is 3.76. The molecule has 0 aliphatic rings. The fourth-order valence-electron chi connectivity index (χ4n) is 2.41. The third-order valence-electron chi connectivity index (χ3n) is 3.76. The number of carbonyl (C=O) groups excluding carboxylic acids is 1. The van der Waals surface area contributed by atoms with Crippen molar-refractivity contribution in [2.45, 2.75) is 6.92 Å². The van der Waals surface area contributed by atoms with Gasteiger partial charge in [-0.15, -0.1) is 0 Å². The van der Waals surface area contributed by atoms with Crippen LogP contribution in [0.5, 0.6) is 0 Å². The van der Waals surface area contributed by atoms with Gasteiger partial charge in [0.2, 0.25) is 0 Å². The van der Waals surface area contributed by atoms with Crippen molar-refractivity contribution in [2.75, 3.05) is 5.32 Å². The van der Waals surface area contributed by atoms with E-state index in [0.29, 0.717) is 11.2 Å². The van der Waals surface area contributed by atoms with E-state index in [1.165, 1.54) is 6.08 Å². The molecular weight excluding hydrogens is 314 g/mol. The second-order valence-corrected chi connectivity index (χ2v) is 5.63. The Balaban J connectivity index is 1.93. The lowest BCUT2D eigenvalue weighted by atomic mass is 10.1. The molecule has 5 heteroatoms. The molecule has 1 heterocycles. The van der Waals surface area contributed by atoms with Gasteiger partial charge in [-0.3, -0.25) is 9.59 Å². The van der Waals surface area contributed by atoms with Crippen LogP contribution in [0.2, 0.25) is 0 Å². The maximum Gasteiger partial charge on any atom is 0.266 e. The van der Waals surface area contributed by atoms with E-state index in [1.807, 2.05) is 43.3 Å². The smallest absolute Gasteiger partial charge is 0.266 e. The first-order valence-electron chi connectivity index (χ1n) is 7.69. The van der Waals surface area contributed by atoms with Crippen LogP contribution in [0.15, 0.2) is 65.0 Å². The van der Waals surface area contributed by atoms with Crippen LogP contribution in [0.3, 0.4) is 0 Å². The highest BCUT2D eigenvalue weighted by Gasteiger charge is 2.11. The van der Waals surface area contributed by atoms with Gasteiger partial charge in [0.25, 0.3) is 11.5 Å². The maximum absolute atomic E-state index is 12.3. The summed E-state index contributed by atoms with van der Waals surface area (Å²) in [6.07, 6.45) is 1.30. The zero-order valence-electron chi connectivity index (χ0n) is 13.5. The van der Waals surface area contributed by atoms with Crippen LogP contribution in [-0.2, 0) is 4.79 Å². The number of para-hydroxylation sites is 1. The van der Waals surface area contributed by atoms with Crippen LogP contribution in [0.1, 0.15) is 11.1 Å². The summed E-state index contributed by atoms with van der Waals surface area (Å²) in [6.45, 7) is 1.94. The standard InChI is InChI=1S/C20H15N3O2/c1-13-6-8-17(9-7-13)22-20(25)16(12-21)11-15-10-14-4-2-3-5-18(14)23-19(15)24/h2-11H,1H3,(H,22,25)(H,23,24). The van der Waals surface area contributed by atoms with E-state index in [0.717, 1.165) is 10.9 Å². The first-order chi connectivity index (χ1) is 12.1. The average Bonchev–Trinajstić information content (AvgIpc) is 2.61. The van der Waals surface area contributed by atoms with Crippen molar-refractivity contribution in [3.8, 4) is 6.07 Å². The summed E-state index contributed by atoms with van der Waals surface area (Å²) in [7, 11) is 0. The molecule has 0 aliphatic heterocycles. The van der Waals surface area contributed by atoms with Gasteiger partial charge in [0, 0.05) is 16.8 Å². The number of aryl methyl sites for hydroxylation is 1. The van der Waals surface area contributed by atoms with Gasteiger partial charge in [0.05, 0.1) is 0 Å². The normalized spacial score (nSPS) is 11.1. The highest BCUT2D eigenvalue weighted by molar-refractivity contribution is 6.09. The number of nitrogens with zero attached hydrogens (tertiary/aromatic N) is 1. The lowest BCUT2D eigenvalue weighted by molar-refractivity contribution is -0.112. The Morgan fingerprint density at radius 3 is 2.60 bits per heavy atom. The summed E-state index contributed by atoms with van der Waals surface area (Å²) >= 11 is 0. The molecule has 122 valence electrons. The number of pyridine rings is 1. The van der Waals surface area contributed by atoms with Gasteiger partial charge in [0.15, 0.2) is 0 Å². The summed E-state index contributed by atoms with van der Waals surface area (Å²) in [5, 5.41) is 12.8. The van der Waals surface area contributed by atoms with Crippen molar-refractivity contribution in [1.29, 1.82) is 5.26 Å². The van der Waals surface area contributed by atoms with E-state index in [4.69, 9.17) is 0 Å². The molecule has 0 bridgehead atoms. The predicted octanol–water partition coefficient (Wildman–Crippen LogP) is 3.38. The van der Waals surface area contributed by atoms with Crippen LogP contribution < -0.4 is 10.9 Å². The van der Waals surface area contributed by atoms with Crippen LogP contribution in [-0.4, -0.2) is 10.9 Å². The summed E-state index contributed by atoms with van der Waals surface area (Å²) < 4.78 is 0. The van der Waals surface area contributed by atoms with E-state index in [2.05, 4.69) is 10.3 Å². The summed E-state index contributed by atoms with van der Waals surface area (Å²) in [6, 6.07) is 18.1. The molecule has 3 aromatic rings. The number of H-pyrrole nitrogens is 1. The molecule has 0 saturated carbocycles. The van der Waals surface area contributed by atoms with Crippen molar-refractivity contribution in [1.82, 2.24) is 4.98 Å². The van der Waals surface area contributed by atoms with Gasteiger partial charge in [-0.05, 0) is 42.7 Å². The fraction of sp³-hybridized carbons (Fsp3) is 0.0500. The third kappa shape index (κ3) is 3.65. The number of aromatic nitrogens is 1. The molecular formula is C20H15N3O2. The Labute approximate surface area is 144 Å². The molecule has 0 saturated heterocycles. The van der Waals surface area contributed by atoms with Gasteiger partial charge >= 0.3 is 0 Å². The number of fused-ring (bicyclic) bond motifs is 1. The number of amides is 1. The van der Waals surface area contributed by atoms with Gasteiger partial charge in [-0.25, -0.2) is 0 Å². The Morgan fingerprint density at radius 1 is 1.16 bits per heavy atom. The number of hydrogen-bond donors (Lipinski definition) is 2. The minimum absolute atomic E-state index is 0.138. The predicted molar refractivity (Wildman–Crippen MR) is 98.0 cm³/mol. The summed E-state index contributed by atoms with van der Waals surface area (Å²) in [4.78, 5) is 27.2. The van der Waals surface area contributed by atoms with Crippen molar-refractivity contribution in [3.63, 3.8) is 0 Å². The molecule has 5 nitrogen and oxygen atoms in total. The highest BCUT2D eigenvalue weighted by Crippen LogP contribution is 2.14. The van der Waals surface area contributed by atoms with Gasteiger partial charge in [-0.1, -0.05) is 35.9 Å². The van der Waals surface area contributed by atoms with E-state index >= 15 is 0 Å². The van der Waals surface area contributed by atoms with Crippen LogP contribution >= 0.6 is 0 Å². The molecule has 0 radical (unpaired) electrons. The molecule has 0 aliphatic carbocycles. The number of nitrogens with one attached hydrogen (secondary N) is 2. The molecule has 3 rings (SSSR count). The minimum atomic E-state index is -0.557. The highest BCUT2D eigenvalue weighted by atomic mass is 16.1. The first-order valence-corrected chi connectivity index (χ1v) is 7.69. The lowest BCUT2D eigenvalue weighted by Crippen LogP contribution is -2.15. The molecule has 2 N–H and O–H groups in total. The molecule has 1 aromatic heterocycles. The van der Waals surface area contributed by atoms with E-state index in [9.17, 15) is 14.9 Å². The van der Waals surface area contributed by atoms with Crippen molar-refractivity contribution < 1.29 is 4.79 Å². The number of nitriles is 1. The molecule has 0 fully saturated rings. The van der Waals surface area contributed by atoms with E-state index in [-0.39, 0.29) is 16.7 Å². The van der Waals surface area contributed by atoms with Crippen LogP contribution in [0.4, 0.5) is 5.69 Å². The average molecular weight is 329 g/mol. The fourth-order valence-corrected chi connectivity index (χ4v) is 2.41. The molecule has 0 unspecified atom stereocenters. The minimum Gasteiger partial charge on any atom is -0.321 e. The number of carbonyl (C=O) groups is 1. The maximum atomic E-state index is 12.3. The van der Waals surface area contributed by atoms with Crippen LogP contribution in [0, 0.1) is 18.3 Å². The lowest BCUT2D eigenvalue weighted by Gasteiger charge is -2.05. The van der Waals surface area contributed by atoms with Crippen molar-refractivity contribution in [2.24, 2.45) is 0 Å². The quantitative estimate of drug-likeness (QED) is 0.570. The van der Waals surface area contributed by atoms with Crippen molar-refractivity contribution in [3.05, 3.63) is 81.7 Å². The second-order valence-electron chi connectivity index (χ2n) is 5.63. The molecule has 2 aromatic carbocycles. The van der Waals surface area contributed by atoms with E-state index < -0.39 is 5.91 Å². The molecule has 1 amide bonds. The van der Waals surface area contributed by atoms with E-state index in [1.54, 1.807) is 24.3 Å². The van der Waals surface area contributed by atoms with Gasteiger partial charge < -0.3 is 10.3 Å². The van der Waals surface area contributed by atoms with Crippen LogP contribution in [0.25, 0.3) is 17.0 Å². The molecule has 0 spiro atoms. The summed E-state index contributed by atoms with van der Waals surface area (Å²) in [5.41, 5.74) is 2.12. The zero-order chi connectivity index (χ0) is 17.8. The van der Waals surface area contributed by atoms with Gasteiger partial charge in [0.1, 0.15) is 11.6 Å². The van der Waals surface area contributed by atoms with Crippen molar-refractivity contribution >= 4 is 28.6 Å². The first kappa shape index (κ1) is 16.2. The number of hydrogen-bond acceptors (Lipinski definition) is 3. The topological polar surface area (TPSA) is 85.8 Å². The number of benzene rings is 2. The summed E-state index contributed by atoms with van der Waals surface area (Å²) in [5.74, 6) is -0.557. The number of rotatable bonds is 3. The Kier molecular flexibility index (Phi) is 4.44. The zero-order valence-corrected chi connectivity index (χ0v) is 13.5. The molecule has 0 atom stereocenters. The second kappa shape index (κ2) is 6.85. The monoisotopic (exact) mass is 329 g/mol. The molecule has 25 heavy (non-hydrogen) atoms. The largest absolute Gasteiger partial charge is 0.321 e.